The number of amides is 1. The fourth-order valence-corrected chi connectivity index (χ4v) is 5.15. The number of aromatic nitrogens is 1. The average molecular weight is 454 g/mol. The Morgan fingerprint density at radius 3 is 2.48 bits per heavy atom. The molecule has 1 aliphatic heterocycles. The van der Waals surface area contributed by atoms with Crippen LogP contribution in [-0.4, -0.2) is 38.0 Å². The first kappa shape index (κ1) is 22.5. The molecule has 8 heteroatoms. The number of halogens is 2. The van der Waals surface area contributed by atoms with Crippen LogP contribution in [-0.2, 0) is 10.2 Å². The Labute approximate surface area is 189 Å². The van der Waals surface area contributed by atoms with Crippen molar-refractivity contribution in [1.82, 2.24) is 9.88 Å². The zero-order valence-electron chi connectivity index (χ0n) is 18.6. The van der Waals surface area contributed by atoms with Crippen LogP contribution >= 0.6 is 0 Å². The van der Waals surface area contributed by atoms with Gasteiger partial charge in [-0.25, -0.2) is 13.6 Å². The van der Waals surface area contributed by atoms with Crippen molar-refractivity contribution in [2.24, 2.45) is 5.92 Å². The van der Waals surface area contributed by atoms with E-state index in [0.717, 1.165) is 6.07 Å². The lowest BCUT2D eigenvalue weighted by Gasteiger charge is -2.42. The van der Waals surface area contributed by atoms with Crippen LogP contribution in [0.2, 0.25) is 0 Å². The summed E-state index contributed by atoms with van der Waals surface area (Å²) < 4.78 is 28.4. The summed E-state index contributed by atoms with van der Waals surface area (Å²) in [5, 5.41) is 20.7. The third-order valence-electron chi connectivity index (χ3n) is 6.28. The Hall–Kier alpha value is -3.68. The first-order chi connectivity index (χ1) is 15.4. The third kappa shape index (κ3) is 3.46. The number of nitrogens with zero attached hydrogens (tertiary/aromatic N) is 1. The van der Waals surface area contributed by atoms with E-state index in [-0.39, 0.29) is 17.2 Å². The number of aliphatic carboxylic acids is 1. The lowest BCUT2D eigenvalue weighted by atomic mass is 9.71. The molecule has 2 heterocycles. The minimum Gasteiger partial charge on any atom is -0.508 e. The van der Waals surface area contributed by atoms with Crippen molar-refractivity contribution in [2.45, 2.75) is 39.2 Å². The van der Waals surface area contributed by atoms with Gasteiger partial charge in [-0.2, -0.15) is 0 Å². The second-order valence-electron chi connectivity index (χ2n) is 9.18. The maximum atomic E-state index is 14.5. The molecule has 0 bridgehead atoms. The van der Waals surface area contributed by atoms with Gasteiger partial charge >= 0.3 is 5.97 Å². The number of phenols is 1. The molecule has 1 atom stereocenters. The maximum Gasteiger partial charge on any atom is 0.339 e. The maximum absolute atomic E-state index is 14.5. The monoisotopic (exact) mass is 454 g/mol. The molecule has 0 saturated carbocycles. The summed E-state index contributed by atoms with van der Waals surface area (Å²) in [5.74, 6) is -4.71. The highest BCUT2D eigenvalue weighted by atomic mass is 19.2. The van der Waals surface area contributed by atoms with Gasteiger partial charge in [-0.15, -0.1) is 0 Å². The Kier molecular flexibility index (Phi) is 5.27. The van der Waals surface area contributed by atoms with E-state index in [9.17, 15) is 28.6 Å². The standard InChI is InChI=1S/C25H24F2N2O4/c1-12(2)22-25(3,4)19-14-9-8-13(30)10-18(14)28-21(19)16(24(32)33)11-29(22)23(31)15-6-5-7-17(26)20(15)27/h5-12,22,28,30H,1-4H3,(H,32,33). The minimum atomic E-state index is -1.29. The van der Waals surface area contributed by atoms with Crippen molar-refractivity contribution in [2.75, 3.05) is 0 Å². The zero-order chi connectivity index (χ0) is 24.2. The molecule has 0 radical (unpaired) electrons. The number of carboxylic acid groups (broad SMARTS) is 1. The molecule has 2 aromatic carbocycles. The molecule has 1 aliphatic rings. The van der Waals surface area contributed by atoms with E-state index in [1.54, 1.807) is 6.07 Å². The van der Waals surface area contributed by atoms with Crippen molar-refractivity contribution in [3.63, 3.8) is 0 Å². The van der Waals surface area contributed by atoms with Crippen molar-refractivity contribution in [3.05, 3.63) is 71.1 Å². The van der Waals surface area contributed by atoms with Gasteiger partial charge in [-0.3, -0.25) is 4.79 Å². The summed E-state index contributed by atoms with van der Waals surface area (Å²) in [4.78, 5) is 30.1. The van der Waals surface area contributed by atoms with Crippen LogP contribution < -0.4 is 0 Å². The van der Waals surface area contributed by atoms with Crippen molar-refractivity contribution in [3.8, 4) is 5.75 Å². The first-order valence-electron chi connectivity index (χ1n) is 10.5. The predicted octanol–water partition coefficient (Wildman–Crippen LogP) is 5.04. The molecule has 1 amide bonds. The van der Waals surface area contributed by atoms with Gasteiger partial charge in [-0.1, -0.05) is 33.8 Å². The number of nitrogens with one attached hydrogen (secondary N) is 1. The second-order valence-corrected chi connectivity index (χ2v) is 9.18. The van der Waals surface area contributed by atoms with E-state index in [2.05, 4.69) is 4.98 Å². The molecule has 6 nitrogen and oxygen atoms in total. The van der Waals surface area contributed by atoms with Crippen molar-refractivity contribution in [1.29, 1.82) is 0 Å². The number of fused-ring (bicyclic) bond motifs is 3. The van der Waals surface area contributed by atoms with Gasteiger partial charge in [0.25, 0.3) is 5.91 Å². The van der Waals surface area contributed by atoms with Crippen molar-refractivity contribution >= 4 is 28.4 Å². The predicted molar refractivity (Wildman–Crippen MR) is 120 cm³/mol. The molecule has 4 rings (SSSR count). The number of hydrogen-bond donors (Lipinski definition) is 3. The Bertz CT molecular complexity index is 1320. The van der Waals surface area contributed by atoms with Crippen LogP contribution in [0.4, 0.5) is 8.78 Å². The summed E-state index contributed by atoms with van der Waals surface area (Å²) >= 11 is 0. The molecular formula is C25H24F2N2O4. The van der Waals surface area contributed by atoms with Gasteiger partial charge in [0.15, 0.2) is 11.6 Å². The second kappa shape index (κ2) is 7.72. The van der Waals surface area contributed by atoms with Gasteiger partial charge in [0.1, 0.15) is 5.75 Å². The number of benzene rings is 2. The van der Waals surface area contributed by atoms with Crippen LogP contribution in [0.15, 0.2) is 42.6 Å². The fraction of sp³-hybridized carbons (Fsp3) is 0.280. The van der Waals surface area contributed by atoms with Gasteiger partial charge in [0.05, 0.1) is 16.8 Å². The summed E-state index contributed by atoms with van der Waals surface area (Å²) in [6.07, 6.45) is 1.20. The Morgan fingerprint density at radius 1 is 1.15 bits per heavy atom. The van der Waals surface area contributed by atoms with E-state index in [4.69, 9.17) is 0 Å². The van der Waals surface area contributed by atoms with Crippen LogP contribution in [0.25, 0.3) is 16.5 Å². The van der Waals surface area contributed by atoms with E-state index in [0.29, 0.717) is 22.2 Å². The molecule has 0 aliphatic carbocycles. The summed E-state index contributed by atoms with van der Waals surface area (Å²) in [6, 6.07) is 7.46. The highest BCUT2D eigenvalue weighted by Crippen LogP contribution is 2.46. The number of aromatic hydroxyl groups is 1. The SMILES string of the molecule is CC(C)C1N(C(=O)c2cccc(F)c2F)C=C(C(=O)O)c2[nH]c3cc(O)ccc3c2C1(C)C. The van der Waals surface area contributed by atoms with E-state index >= 15 is 0 Å². The highest BCUT2D eigenvalue weighted by Gasteiger charge is 2.46. The molecule has 172 valence electrons. The van der Waals surface area contributed by atoms with Crippen LogP contribution in [0.5, 0.6) is 5.75 Å². The van der Waals surface area contributed by atoms with Gasteiger partial charge < -0.3 is 20.1 Å². The number of H-pyrrole nitrogens is 1. The lowest BCUT2D eigenvalue weighted by molar-refractivity contribution is -0.130. The zero-order valence-corrected chi connectivity index (χ0v) is 18.6. The molecule has 3 aromatic rings. The summed E-state index contributed by atoms with van der Waals surface area (Å²) in [6.45, 7) is 7.54. The van der Waals surface area contributed by atoms with Crippen LogP contribution in [0.3, 0.4) is 0 Å². The number of carboxylic acids is 1. The molecule has 1 aromatic heterocycles. The Balaban J connectivity index is 2.04. The van der Waals surface area contributed by atoms with E-state index < -0.39 is 40.5 Å². The van der Waals surface area contributed by atoms with E-state index in [1.165, 1.54) is 35.4 Å². The topological polar surface area (TPSA) is 93.6 Å². The van der Waals surface area contributed by atoms with Crippen LogP contribution in [0, 0.1) is 17.6 Å². The van der Waals surface area contributed by atoms with E-state index in [1.807, 2.05) is 27.7 Å². The third-order valence-corrected chi connectivity index (χ3v) is 6.28. The lowest BCUT2D eigenvalue weighted by Crippen LogP contribution is -2.50. The van der Waals surface area contributed by atoms with Gasteiger partial charge in [-0.05, 0) is 35.7 Å². The summed E-state index contributed by atoms with van der Waals surface area (Å²) in [7, 11) is 0. The largest absolute Gasteiger partial charge is 0.508 e. The molecular weight excluding hydrogens is 430 g/mol. The number of aromatic amines is 1. The molecule has 0 spiro atoms. The molecule has 3 N–H and O–H groups in total. The minimum absolute atomic E-state index is 0.0244. The number of phenolic OH excluding ortho intramolecular Hbond substituents is 1. The normalized spacial score (nSPS) is 17.6. The van der Waals surface area contributed by atoms with Crippen LogP contribution in [0.1, 0.15) is 49.3 Å². The van der Waals surface area contributed by atoms with Gasteiger partial charge in [0.2, 0.25) is 0 Å². The smallest absolute Gasteiger partial charge is 0.339 e. The average Bonchev–Trinajstić information content (AvgIpc) is 3.05. The molecule has 33 heavy (non-hydrogen) atoms. The Morgan fingerprint density at radius 2 is 1.85 bits per heavy atom. The van der Waals surface area contributed by atoms with Gasteiger partial charge in [0, 0.05) is 34.6 Å². The quantitative estimate of drug-likeness (QED) is 0.517. The number of rotatable bonds is 3. The molecule has 1 unspecified atom stereocenters. The molecule has 0 fully saturated rings. The highest BCUT2D eigenvalue weighted by molar-refractivity contribution is 6.17. The first-order valence-corrected chi connectivity index (χ1v) is 10.5. The van der Waals surface area contributed by atoms with Crippen molar-refractivity contribution < 1.29 is 28.6 Å². The summed E-state index contributed by atoms with van der Waals surface area (Å²) in [5.41, 5.74) is 0.0403. The molecule has 0 saturated heterocycles. The number of hydrogen-bond acceptors (Lipinski definition) is 3. The number of carbonyl (C=O) groups is 2. The number of carbonyl (C=O) groups excluding carboxylic acids is 1. The fourth-order valence-electron chi connectivity index (χ4n) is 5.15.